The number of nitrogens with one attached hydrogen (secondary N) is 2. The summed E-state index contributed by atoms with van der Waals surface area (Å²) >= 11 is 0. The van der Waals surface area contributed by atoms with E-state index in [-0.39, 0.29) is 0 Å². The van der Waals surface area contributed by atoms with Crippen LogP contribution >= 0.6 is 0 Å². The first-order valence-corrected chi connectivity index (χ1v) is 6.32. The summed E-state index contributed by atoms with van der Waals surface area (Å²) in [7, 11) is 1.97. The van der Waals surface area contributed by atoms with Gasteiger partial charge in [-0.3, -0.25) is 4.98 Å². The molecule has 0 saturated heterocycles. The first kappa shape index (κ1) is 12.8. The lowest BCUT2D eigenvalue weighted by atomic mass is 9.95. The molecule has 0 fully saturated rings. The van der Waals surface area contributed by atoms with Crippen LogP contribution in [-0.2, 0) is 0 Å². The van der Waals surface area contributed by atoms with Crippen molar-refractivity contribution in [3.05, 3.63) is 36.5 Å². The monoisotopic (exact) mass is 244 g/mol. The summed E-state index contributed by atoms with van der Waals surface area (Å²) in [5, 5.41) is 3.23. The third-order valence-electron chi connectivity index (χ3n) is 3.17. The Hall–Kier alpha value is -1.68. The molecular formula is C14H20N4. The molecule has 0 aliphatic heterocycles. The molecule has 0 bridgehead atoms. The molecule has 2 N–H and O–H groups in total. The zero-order valence-corrected chi connectivity index (χ0v) is 11.1. The Morgan fingerprint density at radius 2 is 2.00 bits per heavy atom. The quantitative estimate of drug-likeness (QED) is 0.849. The van der Waals surface area contributed by atoms with Crippen LogP contribution in [0.5, 0.6) is 0 Å². The summed E-state index contributed by atoms with van der Waals surface area (Å²) in [6.45, 7) is 5.37. The van der Waals surface area contributed by atoms with Crippen molar-refractivity contribution in [1.29, 1.82) is 0 Å². The van der Waals surface area contributed by atoms with Gasteiger partial charge in [-0.15, -0.1) is 0 Å². The van der Waals surface area contributed by atoms with E-state index >= 15 is 0 Å². The maximum absolute atomic E-state index is 4.52. The van der Waals surface area contributed by atoms with Crippen LogP contribution in [0.4, 0.5) is 0 Å². The molecule has 2 rings (SSSR count). The first-order chi connectivity index (χ1) is 8.72. The van der Waals surface area contributed by atoms with Crippen LogP contribution in [0.25, 0.3) is 11.3 Å². The van der Waals surface area contributed by atoms with Crippen LogP contribution in [0.2, 0.25) is 0 Å². The Morgan fingerprint density at radius 3 is 2.61 bits per heavy atom. The zero-order chi connectivity index (χ0) is 13.0. The van der Waals surface area contributed by atoms with E-state index in [2.05, 4.69) is 34.1 Å². The van der Waals surface area contributed by atoms with Crippen molar-refractivity contribution in [3.8, 4) is 11.3 Å². The largest absolute Gasteiger partial charge is 0.342 e. The van der Waals surface area contributed by atoms with Gasteiger partial charge in [0.15, 0.2) is 0 Å². The molecule has 1 unspecified atom stereocenters. The Kier molecular flexibility index (Phi) is 4.10. The number of aromatic nitrogens is 3. The van der Waals surface area contributed by atoms with Gasteiger partial charge in [-0.2, -0.15) is 0 Å². The van der Waals surface area contributed by atoms with E-state index < -0.39 is 0 Å². The van der Waals surface area contributed by atoms with E-state index in [1.54, 1.807) is 12.4 Å². The fourth-order valence-corrected chi connectivity index (χ4v) is 2.07. The van der Waals surface area contributed by atoms with Gasteiger partial charge in [-0.05, 0) is 25.1 Å². The molecule has 4 nitrogen and oxygen atoms in total. The van der Waals surface area contributed by atoms with Crippen LogP contribution in [0, 0.1) is 5.92 Å². The predicted octanol–water partition coefficient (Wildman–Crippen LogP) is 2.43. The Bertz CT molecular complexity index is 476. The lowest BCUT2D eigenvalue weighted by Gasteiger charge is -2.17. The van der Waals surface area contributed by atoms with Crippen molar-refractivity contribution in [1.82, 2.24) is 20.3 Å². The third kappa shape index (κ3) is 2.76. The minimum absolute atomic E-state index is 0.408. The number of likely N-dealkylation sites (N-methyl/N-ethyl adjacent to an activating group) is 1. The highest BCUT2D eigenvalue weighted by atomic mass is 14.9. The van der Waals surface area contributed by atoms with Gasteiger partial charge in [0.05, 0.1) is 11.9 Å². The molecule has 2 aromatic heterocycles. The topological polar surface area (TPSA) is 53.6 Å². The van der Waals surface area contributed by atoms with E-state index in [1.165, 1.54) is 0 Å². The molecule has 2 heterocycles. The summed E-state index contributed by atoms with van der Waals surface area (Å²) < 4.78 is 0. The minimum Gasteiger partial charge on any atom is -0.342 e. The second kappa shape index (κ2) is 5.78. The second-order valence-corrected chi connectivity index (χ2v) is 4.83. The lowest BCUT2D eigenvalue weighted by molar-refractivity contribution is 0.461. The molecule has 0 aromatic carbocycles. The SMILES string of the molecule is CNCC(c1ncc(-c2ccncc2)[nH]1)C(C)C. The Morgan fingerprint density at radius 1 is 1.28 bits per heavy atom. The maximum Gasteiger partial charge on any atom is 0.111 e. The standard InChI is InChI=1S/C14H20N4/c1-10(2)12(8-15-3)14-17-9-13(18-14)11-4-6-16-7-5-11/h4-7,9-10,12,15H,8H2,1-3H3,(H,17,18). The number of nitrogens with zero attached hydrogens (tertiary/aromatic N) is 2. The first-order valence-electron chi connectivity index (χ1n) is 6.32. The van der Waals surface area contributed by atoms with Crippen molar-refractivity contribution in [3.63, 3.8) is 0 Å². The fourth-order valence-electron chi connectivity index (χ4n) is 2.07. The predicted molar refractivity (Wildman–Crippen MR) is 73.3 cm³/mol. The van der Waals surface area contributed by atoms with E-state index in [9.17, 15) is 0 Å². The molecule has 0 radical (unpaired) electrons. The minimum atomic E-state index is 0.408. The number of rotatable bonds is 5. The number of pyridine rings is 1. The summed E-state index contributed by atoms with van der Waals surface area (Å²) in [6.07, 6.45) is 5.49. The van der Waals surface area contributed by atoms with Crippen molar-refractivity contribution in [2.24, 2.45) is 5.92 Å². The van der Waals surface area contributed by atoms with Gasteiger partial charge in [0.25, 0.3) is 0 Å². The van der Waals surface area contributed by atoms with Gasteiger partial charge in [-0.25, -0.2) is 4.98 Å². The molecule has 1 atom stereocenters. The van der Waals surface area contributed by atoms with Crippen molar-refractivity contribution in [2.75, 3.05) is 13.6 Å². The van der Waals surface area contributed by atoms with Crippen LogP contribution in [-0.4, -0.2) is 28.5 Å². The summed E-state index contributed by atoms with van der Waals surface area (Å²) in [4.78, 5) is 12.0. The van der Waals surface area contributed by atoms with Crippen molar-refractivity contribution >= 4 is 0 Å². The Balaban J connectivity index is 2.24. The summed E-state index contributed by atoms with van der Waals surface area (Å²) in [6, 6.07) is 3.97. The number of aromatic amines is 1. The van der Waals surface area contributed by atoms with Crippen LogP contribution in [0.1, 0.15) is 25.6 Å². The molecule has 0 saturated carbocycles. The molecule has 18 heavy (non-hydrogen) atoms. The highest BCUT2D eigenvalue weighted by Gasteiger charge is 2.18. The van der Waals surface area contributed by atoms with Crippen molar-refractivity contribution < 1.29 is 0 Å². The smallest absolute Gasteiger partial charge is 0.111 e. The molecule has 96 valence electrons. The molecule has 0 amide bonds. The van der Waals surface area contributed by atoms with Gasteiger partial charge in [-0.1, -0.05) is 13.8 Å². The fraction of sp³-hybridized carbons (Fsp3) is 0.429. The molecule has 0 aliphatic rings. The molecular weight excluding hydrogens is 224 g/mol. The van der Waals surface area contributed by atoms with Crippen LogP contribution < -0.4 is 5.32 Å². The highest BCUT2D eigenvalue weighted by molar-refractivity contribution is 5.57. The molecule has 0 aliphatic carbocycles. The molecule has 4 heteroatoms. The van der Waals surface area contributed by atoms with Gasteiger partial charge in [0, 0.05) is 30.4 Å². The van der Waals surface area contributed by atoms with Gasteiger partial charge in [0.2, 0.25) is 0 Å². The highest BCUT2D eigenvalue weighted by Crippen LogP contribution is 2.24. The average molecular weight is 244 g/mol. The summed E-state index contributed by atoms with van der Waals surface area (Å²) in [5.74, 6) is 2.01. The van der Waals surface area contributed by atoms with E-state index in [4.69, 9.17) is 0 Å². The normalized spacial score (nSPS) is 12.9. The Labute approximate surface area is 108 Å². The second-order valence-electron chi connectivity index (χ2n) is 4.83. The van der Waals surface area contributed by atoms with E-state index in [0.717, 1.165) is 23.6 Å². The van der Waals surface area contributed by atoms with Crippen LogP contribution in [0.15, 0.2) is 30.7 Å². The third-order valence-corrected chi connectivity index (χ3v) is 3.17. The van der Waals surface area contributed by atoms with Crippen molar-refractivity contribution in [2.45, 2.75) is 19.8 Å². The number of imidazole rings is 1. The molecule has 0 spiro atoms. The van der Waals surface area contributed by atoms with E-state index in [0.29, 0.717) is 11.8 Å². The zero-order valence-electron chi connectivity index (χ0n) is 11.1. The average Bonchev–Trinajstić information content (AvgIpc) is 2.86. The number of hydrogen-bond donors (Lipinski definition) is 2. The van der Waals surface area contributed by atoms with Crippen LogP contribution in [0.3, 0.4) is 0 Å². The van der Waals surface area contributed by atoms with E-state index in [1.807, 2.05) is 25.4 Å². The lowest BCUT2D eigenvalue weighted by Crippen LogP contribution is -2.22. The molecule has 2 aromatic rings. The van der Waals surface area contributed by atoms with Gasteiger partial charge in [0.1, 0.15) is 5.82 Å². The van der Waals surface area contributed by atoms with Gasteiger partial charge >= 0.3 is 0 Å². The number of hydrogen-bond acceptors (Lipinski definition) is 3. The van der Waals surface area contributed by atoms with Gasteiger partial charge < -0.3 is 10.3 Å². The number of H-pyrrole nitrogens is 1. The summed E-state index contributed by atoms with van der Waals surface area (Å²) in [5.41, 5.74) is 2.17. The maximum atomic E-state index is 4.52.